The average molecular weight is 310 g/mol. The zero-order valence-electron chi connectivity index (χ0n) is 12.3. The molecule has 1 aromatic heterocycles. The van der Waals surface area contributed by atoms with Gasteiger partial charge in [-0.2, -0.15) is 0 Å². The second kappa shape index (κ2) is 9.02. The first-order valence-electron chi connectivity index (χ1n) is 6.69. The van der Waals surface area contributed by atoms with Gasteiger partial charge in [-0.1, -0.05) is 17.1 Å². The highest BCUT2D eigenvalue weighted by molar-refractivity contribution is 5.39. The summed E-state index contributed by atoms with van der Waals surface area (Å²) < 4.78 is 13.0. The van der Waals surface area contributed by atoms with Crippen LogP contribution in [0.25, 0.3) is 0 Å². The van der Waals surface area contributed by atoms with Crippen LogP contribution in [-0.4, -0.2) is 25.2 Å². The Hall–Kier alpha value is -2.01. The summed E-state index contributed by atoms with van der Waals surface area (Å²) >= 11 is 0. The topological polar surface area (TPSA) is 47.3 Å². The van der Waals surface area contributed by atoms with Gasteiger partial charge >= 0.3 is 5.95 Å². The van der Waals surface area contributed by atoms with Crippen LogP contribution in [-0.2, 0) is 6.54 Å². The number of nitrogens with zero attached hydrogens (tertiary/aromatic N) is 2. The lowest BCUT2D eigenvalue weighted by Gasteiger charge is -2.09. The molecule has 114 valence electrons. The van der Waals surface area contributed by atoms with Crippen molar-refractivity contribution in [1.29, 1.82) is 0 Å². The van der Waals surface area contributed by atoms with E-state index in [9.17, 15) is 0 Å². The minimum Gasteiger partial charge on any atom is -1.00 e. The quantitative estimate of drug-likeness (QED) is 0.521. The summed E-state index contributed by atoms with van der Waals surface area (Å²) in [5.74, 6) is 2.34. The van der Waals surface area contributed by atoms with Gasteiger partial charge < -0.3 is 21.9 Å². The van der Waals surface area contributed by atoms with Gasteiger partial charge in [0.15, 0.2) is 11.5 Å². The molecule has 2 rings (SSSR count). The molecular weight excluding hydrogens is 290 g/mol. The maximum Gasteiger partial charge on any atom is 0.391 e. The lowest BCUT2D eigenvalue weighted by Crippen LogP contribution is -3.00. The van der Waals surface area contributed by atoms with Gasteiger partial charge in [0, 0.05) is 6.07 Å². The fourth-order valence-corrected chi connectivity index (χ4v) is 1.87. The fourth-order valence-electron chi connectivity index (χ4n) is 1.87. The van der Waals surface area contributed by atoms with Crippen molar-refractivity contribution in [1.82, 2.24) is 4.98 Å². The van der Waals surface area contributed by atoms with Crippen LogP contribution in [0.1, 0.15) is 6.92 Å². The minimum atomic E-state index is 0. The standard InChI is InChI=1S/C15H19N3O2.ClH/c1-3-18-11-6-9-16-15(18)17-10-12-20-14-8-5-4-7-13(14)19-2;/h4-9,11H,3,10,12H2,1-2H3;1H. The van der Waals surface area contributed by atoms with Gasteiger partial charge in [-0.15, -0.1) is 0 Å². The maximum atomic E-state index is 5.70. The van der Waals surface area contributed by atoms with Crippen molar-refractivity contribution >= 4 is 5.95 Å². The lowest BCUT2D eigenvalue weighted by atomic mass is 10.3. The Morgan fingerprint density at radius 1 is 1.19 bits per heavy atom. The fraction of sp³-hybridized carbons (Fsp3) is 0.333. The van der Waals surface area contributed by atoms with E-state index in [0.29, 0.717) is 13.2 Å². The number of methoxy groups -OCH3 is 1. The van der Waals surface area contributed by atoms with Crippen molar-refractivity contribution in [2.24, 2.45) is 0 Å². The summed E-state index contributed by atoms with van der Waals surface area (Å²) in [5.41, 5.74) is 0. The second-order valence-electron chi connectivity index (χ2n) is 4.16. The van der Waals surface area contributed by atoms with Gasteiger partial charge in [0.25, 0.3) is 0 Å². The number of hydrogen-bond donors (Lipinski definition) is 1. The summed E-state index contributed by atoms with van der Waals surface area (Å²) in [6, 6.07) is 9.54. The first kappa shape index (κ1) is 17.0. The number of ether oxygens (including phenoxy) is 2. The molecule has 0 aliphatic rings. The second-order valence-corrected chi connectivity index (χ2v) is 4.16. The molecule has 1 N–H and O–H groups in total. The zero-order valence-corrected chi connectivity index (χ0v) is 13.0. The van der Waals surface area contributed by atoms with Crippen LogP contribution >= 0.6 is 0 Å². The van der Waals surface area contributed by atoms with Crippen LogP contribution in [0.4, 0.5) is 5.95 Å². The van der Waals surface area contributed by atoms with Gasteiger partial charge in [-0.3, -0.25) is 5.32 Å². The SMILES string of the molecule is CC[n+]1cccnc1NCCOc1ccccc1OC.[Cl-]. The normalized spacial score (nSPS) is 9.62. The molecular formula is C15H20ClN3O2. The molecule has 0 bridgehead atoms. The third kappa shape index (κ3) is 4.79. The molecule has 1 aromatic carbocycles. The van der Waals surface area contributed by atoms with Crippen LogP contribution in [0.15, 0.2) is 42.7 Å². The Bertz CT molecular complexity index is 502. The van der Waals surface area contributed by atoms with Crippen molar-refractivity contribution in [2.75, 3.05) is 25.6 Å². The van der Waals surface area contributed by atoms with Gasteiger partial charge in [0.1, 0.15) is 12.8 Å². The molecule has 0 fully saturated rings. The number of halogens is 1. The van der Waals surface area contributed by atoms with E-state index >= 15 is 0 Å². The predicted molar refractivity (Wildman–Crippen MR) is 77.1 cm³/mol. The Morgan fingerprint density at radius 2 is 1.95 bits per heavy atom. The van der Waals surface area contributed by atoms with E-state index in [-0.39, 0.29) is 12.4 Å². The number of hydrogen-bond acceptors (Lipinski definition) is 4. The van der Waals surface area contributed by atoms with Gasteiger partial charge in [0.05, 0.1) is 26.4 Å². The van der Waals surface area contributed by atoms with Gasteiger partial charge in [0.2, 0.25) is 0 Å². The third-order valence-corrected chi connectivity index (χ3v) is 2.87. The number of nitrogens with one attached hydrogen (secondary N) is 1. The molecule has 2 aromatic rings. The number of anilines is 1. The predicted octanol–water partition coefficient (Wildman–Crippen LogP) is -1.11. The minimum absolute atomic E-state index is 0. The summed E-state index contributed by atoms with van der Waals surface area (Å²) in [4.78, 5) is 4.30. The Kier molecular flexibility index (Phi) is 7.32. The number of para-hydroxylation sites is 2. The molecule has 0 saturated heterocycles. The summed E-state index contributed by atoms with van der Waals surface area (Å²) in [6.07, 6.45) is 3.77. The number of aromatic nitrogens is 2. The molecule has 0 aliphatic heterocycles. The van der Waals surface area contributed by atoms with Crippen molar-refractivity contribution in [2.45, 2.75) is 13.5 Å². The van der Waals surface area contributed by atoms with E-state index in [0.717, 1.165) is 24.0 Å². The average Bonchev–Trinajstić information content (AvgIpc) is 2.52. The molecule has 21 heavy (non-hydrogen) atoms. The van der Waals surface area contributed by atoms with Crippen LogP contribution < -0.4 is 31.8 Å². The molecule has 1 heterocycles. The van der Waals surface area contributed by atoms with E-state index in [2.05, 4.69) is 17.2 Å². The third-order valence-electron chi connectivity index (χ3n) is 2.87. The Labute approximate surface area is 131 Å². The van der Waals surface area contributed by atoms with Gasteiger partial charge in [-0.05, 0) is 19.1 Å². The molecule has 0 atom stereocenters. The number of rotatable bonds is 7. The van der Waals surface area contributed by atoms with Gasteiger partial charge in [-0.25, -0.2) is 4.57 Å². The lowest BCUT2D eigenvalue weighted by molar-refractivity contribution is -0.682. The number of aryl methyl sites for hydroxylation is 1. The summed E-state index contributed by atoms with van der Waals surface area (Å²) in [6.45, 7) is 4.18. The first-order valence-corrected chi connectivity index (χ1v) is 6.69. The Balaban J connectivity index is 0.00000220. The molecule has 0 amide bonds. The molecule has 6 heteroatoms. The molecule has 0 aliphatic carbocycles. The van der Waals surface area contributed by atoms with Crippen LogP contribution in [0, 0.1) is 0 Å². The van der Waals surface area contributed by atoms with E-state index < -0.39 is 0 Å². The largest absolute Gasteiger partial charge is 1.00 e. The van der Waals surface area contributed by atoms with E-state index in [1.165, 1.54) is 0 Å². The van der Waals surface area contributed by atoms with Crippen LogP contribution in [0.2, 0.25) is 0 Å². The maximum absolute atomic E-state index is 5.70. The van der Waals surface area contributed by atoms with E-state index in [1.807, 2.05) is 41.1 Å². The Morgan fingerprint density at radius 3 is 2.67 bits per heavy atom. The van der Waals surface area contributed by atoms with Crippen LogP contribution in [0.5, 0.6) is 11.5 Å². The van der Waals surface area contributed by atoms with E-state index in [4.69, 9.17) is 9.47 Å². The van der Waals surface area contributed by atoms with Crippen molar-refractivity contribution in [3.63, 3.8) is 0 Å². The summed E-state index contributed by atoms with van der Waals surface area (Å²) in [5, 5.41) is 3.26. The van der Waals surface area contributed by atoms with Crippen LogP contribution in [0.3, 0.4) is 0 Å². The number of benzene rings is 1. The van der Waals surface area contributed by atoms with Crippen molar-refractivity contribution in [3.8, 4) is 11.5 Å². The molecule has 0 saturated carbocycles. The van der Waals surface area contributed by atoms with Crippen molar-refractivity contribution in [3.05, 3.63) is 42.7 Å². The molecule has 0 unspecified atom stereocenters. The molecule has 0 radical (unpaired) electrons. The monoisotopic (exact) mass is 309 g/mol. The molecule has 0 spiro atoms. The summed E-state index contributed by atoms with van der Waals surface area (Å²) in [7, 11) is 1.64. The van der Waals surface area contributed by atoms with E-state index in [1.54, 1.807) is 13.3 Å². The highest BCUT2D eigenvalue weighted by Gasteiger charge is 2.08. The van der Waals surface area contributed by atoms with Crippen molar-refractivity contribution < 1.29 is 26.4 Å². The first-order chi connectivity index (χ1) is 9.85. The highest BCUT2D eigenvalue weighted by atomic mass is 35.5. The molecule has 5 nitrogen and oxygen atoms in total. The highest BCUT2D eigenvalue weighted by Crippen LogP contribution is 2.25. The smallest absolute Gasteiger partial charge is 0.391 e. The zero-order chi connectivity index (χ0) is 14.2.